The van der Waals surface area contributed by atoms with E-state index in [-0.39, 0.29) is 0 Å². The lowest BCUT2D eigenvalue weighted by Crippen LogP contribution is -2.26. The molecule has 0 aromatic carbocycles. The maximum atomic E-state index is 11.2. The molecule has 1 rings (SSSR count). The summed E-state index contributed by atoms with van der Waals surface area (Å²) in [6.45, 7) is 0.984. The van der Waals surface area contributed by atoms with Crippen molar-refractivity contribution in [1.29, 1.82) is 0 Å². The fraction of sp³-hybridized carbons (Fsp3) is 0.857. The molecule has 1 aliphatic rings. The van der Waals surface area contributed by atoms with Crippen LogP contribution in [0.2, 0.25) is 0 Å². The van der Waals surface area contributed by atoms with Gasteiger partial charge in [0.2, 0.25) is 5.91 Å². The average Bonchev–Trinajstić information content (AvgIpc) is 2.11. The highest BCUT2D eigenvalue weighted by Crippen LogP contribution is 2.42. The monoisotopic (exact) mass is 161 g/mol. The summed E-state index contributed by atoms with van der Waals surface area (Å²) in [4.78, 5) is 11.2. The van der Waals surface area contributed by atoms with E-state index in [9.17, 15) is 4.79 Å². The number of nitrogens with zero attached hydrogens (tertiary/aromatic N) is 1. The molecule has 0 aromatic rings. The van der Waals surface area contributed by atoms with E-state index >= 15 is 0 Å². The van der Waals surface area contributed by atoms with Gasteiger partial charge in [-0.25, -0.2) is 0 Å². The Bertz CT molecular complexity index is 150. The molecular formula is C7H15NOS. The fourth-order valence-electron chi connectivity index (χ4n) is 1.20. The lowest BCUT2D eigenvalue weighted by molar-refractivity contribution is -0.123. The van der Waals surface area contributed by atoms with E-state index < -0.39 is 10.2 Å². The van der Waals surface area contributed by atoms with Crippen molar-refractivity contribution < 1.29 is 4.79 Å². The third-order valence-electron chi connectivity index (χ3n) is 1.69. The van der Waals surface area contributed by atoms with Gasteiger partial charge in [0.25, 0.3) is 0 Å². The van der Waals surface area contributed by atoms with Crippen LogP contribution in [0.5, 0.6) is 0 Å². The average molecular weight is 161 g/mol. The Morgan fingerprint density at radius 1 is 1.40 bits per heavy atom. The first kappa shape index (κ1) is 7.92. The molecule has 0 saturated carbocycles. The molecule has 0 unspecified atom stereocenters. The van der Waals surface area contributed by atoms with Gasteiger partial charge in [0, 0.05) is 13.0 Å². The van der Waals surface area contributed by atoms with E-state index in [1.807, 2.05) is 4.31 Å². The summed E-state index contributed by atoms with van der Waals surface area (Å²) >= 11 is 0. The Labute approximate surface area is 64.0 Å². The van der Waals surface area contributed by atoms with Crippen LogP contribution in [0.25, 0.3) is 0 Å². The fourth-order valence-corrected chi connectivity index (χ4v) is 2.58. The summed E-state index contributed by atoms with van der Waals surface area (Å²) in [5.41, 5.74) is 0. The van der Waals surface area contributed by atoms with Crippen LogP contribution < -0.4 is 0 Å². The molecule has 0 aromatic heterocycles. The molecule has 0 aliphatic carbocycles. The van der Waals surface area contributed by atoms with E-state index in [4.69, 9.17) is 0 Å². The molecular weight excluding hydrogens is 146 g/mol. The van der Waals surface area contributed by atoms with Crippen molar-refractivity contribution in [2.45, 2.75) is 12.8 Å². The molecule has 0 bridgehead atoms. The van der Waals surface area contributed by atoms with E-state index in [0.717, 1.165) is 19.4 Å². The molecule has 0 spiro atoms. The van der Waals surface area contributed by atoms with Gasteiger partial charge in [-0.1, -0.05) is 0 Å². The van der Waals surface area contributed by atoms with Gasteiger partial charge in [0.15, 0.2) is 0 Å². The summed E-state index contributed by atoms with van der Waals surface area (Å²) in [5.74, 6) is 0.350. The van der Waals surface area contributed by atoms with Crippen LogP contribution in [0, 0.1) is 0 Å². The van der Waals surface area contributed by atoms with Gasteiger partial charge in [-0.05, 0) is 25.2 Å². The number of hydrogen-bond donors (Lipinski definition) is 0. The van der Waals surface area contributed by atoms with E-state index in [0.29, 0.717) is 5.91 Å². The van der Waals surface area contributed by atoms with Gasteiger partial charge < -0.3 is 4.31 Å². The number of carbonyl (C=O) groups is 1. The number of rotatable bonds is 1. The summed E-state index contributed by atoms with van der Waals surface area (Å²) in [6, 6.07) is 0. The maximum Gasteiger partial charge on any atom is 0.231 e. The number of amides is 1. The molecule has 2 nitrogen and oxygen atoms in total. The van der Waals surface area contributed by atoms with E-state index in [1.54, 1.807) is 0 Å². The second-order valence-corrected chi connectivity index (χ2v) is 7.36. The Balaban J connectivity index is 2.64. The van der Waals surface area contributed by atoms with Gasteiger partial charge >= 0.3 is 0 Å². The normalized spacial score (nSPS) is 21.9. The highest BCUT2D eigenvalue weighted by molar-refractivity contribution is 8.30. The molecule has 0 N–H and O–H groups in total. The summed E-state index contributed by atoms with van der Waals surface area (Å²) in [6.07, 6.45) is 8.32. The molecule has 1 saturated heterocycles. The number of hydrogen-bond acceptors (Lipinski definition) is 1. The van der Waals surface area contributed by atoms with Gasteiger partial charge in [0.1, 0.15) is 0 Å². The highest BCUT2D eigenvalue weighted by atomic mass is 32.3. The van der Waals surface area contributed by atoms with Gasteiger partial charge in [-0.3, -0.25) is 4.79 Å². The quantitative estimate of drug-likeness (QED) is 0.566. The van der Waals surface area contributed by atoms with Crippen molar-refractivity contribution in [3.05, 3.63) is 0 Å². The second-order valence-electron chi connectivity index (χ2n) is 3.37. The van der Waals surface area contributed by atoms with E-state index in [1.165, 1.54) is 0 Å². The predicted octanol–water partition coefficient (Wildman–Crippen LogP) is 1.22. The highest BCUT2D eigenvalue weighted by Gasteiger charge is 2.26. The van der Waals surface area contributed by atoms with Crippen LogP contribution in [0.4, 0.5) is 0 Å². The van der Waals surface area contributed by atoms with Gasteiger partial charge in [-0.15, -0.1) is 0 Å². The zero-order chi connectivity index (χ0) is 7.78. The largest absolute Gasteiger partial charge is 0.306 e. The first-order valence-corrected chi connectivity index (χ1v) is 6.32. The summed E-state index contributed by atoms with van der Waals surface area (Å²) in [7, 11) is -0.768. The van der Waals surface area contributed by atoms with Crippen LogP contribution in [-0.2, 0) is 4.79 Å². The SMILES string of the molecule is CS(C)(C)N1CCCC1=O. The Morgan fingerprint density at radius 2 is 2.00 bits per heavy atom. The Hall–Kier alpha value is -0.180. The maximum absolute atomic E-state index is 11.2. The van der Waals surface area contributed by atoms with Gasteiger partial charge in [-0.2, -0.15) is 10.2 Å². The summed E-state index contributed by atoms with van der Waals surface area (Å²) in [5, 5.41) is 0. The smallest absolute Gasteiger partial charge is 0.231 e. The van der Waals surface area contributed by atoms with Crippen molar-refractivity contribution in [2.75, 3.05) is 25.3 Å². The van der Waals surface area contributed by atoms with Crippen molar-refractivity contribution in [3.63, 3.8) is 0 Å². The lowest BCUT2D eigenvalue weighted by atomic mass is 10.4. The second kappa shape index (κ2) is 2.46. The van der Waals surface area contributed by atoms with Crippen molar-refractivity contribution >= 4 is 16.1 Å². The number of carbonyl (C=O) groups excluding carboxylic acids is 1. The predicted molar refractivity (Wildman–Crippen MR) is 46.3 cm³/mol. The lowest BCUT2D eigenvalue weighted by Gasteiger charge is -2.36. The van der Waals surface area contributed by atoms with Crippen molar-refractivity contribution in [2.24, 2.45) is 0 Å². The van der Waals surface area contributed by atoms with Gasteiger partial charge in [0.05, 0.1) is 0 Å². The van der Waals surface area contributed by atoms with Crippen molar-refractivity contribution in [1.82, 2.24) is 4.31 Å². The minimum absolute atomic E-state index is 0.350. The zero-order valence-corrected chi connectivity index (χ0v) is 7.70. The molecule has 0 atom stereocenters. The molecule has 1 amide bonds. The van der Waals surface area contributed by atoms with Crippen LogP contribution in [0.1, 0.15) is 12.8 Å². The Morgan fingerprint density at radius 3 is 2.20 bits per heavy atom. The minimum atomic E-state index is -0.768. The Kier molecular flexibility index (Phi) is 1.95. The molecule has 1 fully saturated rings. The third kappa shape index (κ3) is 1.45. The molecule has 60 valence electrons. The molecule has 0 radical (unpaired) electrons. The van der Waals surface area contributed by atoms with E-state index in [2.05, 4.69) is 18.8 Å². The standard InChI is InChI=1S/C7H15NOS/c1-10(2,3)8-6-4-5-7(8)9/h4-6H2,1-3H3. The molecule has 3 heteroatoms. The first-order chi connectivity index (χ1) is 4.52. The zero-order valence-electron chi connectivity index (χ0n) is 6.89. The minimum Gasteiger partial charge on any atom is -0.306 e. The van der Waals surface area contributed by atoms with Crippen LogP contribution >= 0.6 is 10.2 Å². The third-order valence-corrected chi connectivity index (χ3v) is 3.40. The topological polar surface area (TPSA) is 20.3 Å². The molecule has 1 heterocycles. The first-order valence-electron chi connectivity index (χ1n) is 3.50. The van der Waals surface area contributed by atoms with Crippen LogP contribution in [0.3, 0.4) is 0 Å². The van der Waals surface area contributed by atoms with Crippen LogP contribution in [0.15, 0.2) is 0 Å². The van der Waals surface area contributed by atoms with Crippen LogP contribution in [-0.4, -0.2) is 35.5 Å². The van der Waals surface area contributed by atoms with Crippen molar-refractivity contribution in [3.8, 4) is 0 Å². The molecule has 10 heavy (non-hydrogen) atoms. The molecule has 1 aliphatic heterocycles. The summed E-state index contributed by atoms with van der Waals surface area (Å²) < 4.78 is 2.03.